The molecule has 1 unspecified atom stereocenters. The fourth-order valence-corrected chi connectivity index (χ4v) is 2.14. The Balaban J connectivity index is 1.95. The number of anilines is 1. The molecule has 0 spiro atoms. The van der Waals surface area contributed by atoms with Gasteiger partial charge in [0.15, 0.2) is 0 Å². The first kappa shape index (κ1) is 12.8. The third kappa shape index (κ3) is 3.20. The zero-order valence-corrected chi connectivity index (χ0v) is 10.6. The summed E-state index contributed by atoms with van der Waals surface area (Å²) in [5, 5.41) is 0. The summed E-state index contributed by atoms with van der Waals surface area (Å²) in [6.07, 6.45) is 5.03. The Bertz CT molecular complexity index is 416. The van der Waals surface area contributed by atoms with Crippen LogP contribution in [0.15, 0.2) is 18.3 Å². The molecule has 0 radical (unpaired) electrons. The van der Waals surface area contributed by atoms with Crippen molar-refractivity contribution in [3.8, 4) is 0 Å². The minimum atomic E-state index is -0.0433. The zero-order valence-electron chi connectivity index (χ0n) is 10.6. The number of aromatic nitrogens is 1. The first-order valence-electron chi connectivity index (χ1n) is 6.25. The second kappa shape index (κ2) is 5.82. The molecule has 1 amide bonds. The Morgan fingerprint density at radius 2 is 2.44 bits per heavy atom. The molecule has 0 aromatic carbocycles. The van der Waals surface area contributed by atoms with Gasteiger partial charge in [0.05, 0.1) is 6.10 Å². The van der Waals surface area contributed by atoms with Crippen molar-refractivity contribution in [2.24, 2.45) is 0 Å². The molecule has 18 heavy (non-hydrogen) atoms. The summed E-state index contributed by atoms with van der Waals surface area (Å²) in [5.74, 6) is 0.321. The van der Waals surface area contributed by atoms with Crippen LogP contribution in [-0.4, -0.2) is 42.1 Å². The van der Waals surface area contributed by atoms with Gasteiger partial charge in [-0.05, 0) is 31.4 Å². The van der Waals surface area contributed by atoms with E-state index in [1.54, 1.807) is 30.3 Å². The van der Waals surface area contributed by atoms with Crippen LogP contribution in [0.2, 0.25) is 0 Å². The molecule has 0 aliphatic carbocycles. The molecule has 0 saturated carbocycles. The highest BCUT2D eigenvalue weighted by Crippen LogP contribution is 2.14. The molecule has 0 bridgehead atoms. The quantitative estimate of drug-likeness (QED) is 0.876. The number of nitrogens with zero attached hydrogens (tertiary/aromatic N) is 2. The summed E-state index contributed by atoms with van der Waals surface area (Å²) in [7, 11) is 1.79. The maximum absolute atomic E-state index is 12.2. The second-order valence-corrected chi connectivity index (χ2v) is 4.64. The highest BCUT2D eigenvalue weighted by Gasteiger charge is 2.19. The molecule has 98 valence electrons. The van der Waals surface area contributed by atoms with Crippen LogP contribution in [0, 0.1) is 0 Å². The number of carbonyl (C=O) groups is 1. The summed E-state index contributed by atoms with van der Waals surface area (Å²) in [5.41, 5.74) is 6.14. The number of carbonyl (C=O) groups excluding carboxylic acids is 1. The van der Waals surface area contributed by atoms with Gasteiger partial charge < -0.3 is 15.4 Å². The van der Waals surface area contributed by atoms with Crippen molar-refractivity contribution in [2.45, 2.75) is 25.4 Å². The number of rotatable bonds is 3. The maximum Gasteiger partial charge on any atom is 0.253 e. The Labute approximate surface area is 107 Å². The number of amides is 1. The number of hydrogen-bond donors (Lipinski definition) is 1. The smallest absolute Gasteiger partial charge is 0.253 e. The molecule has 1 aromatic rings. The summed E-state index contributed by atoms with van der Waals surface area (Å²) in [6.45, 7) is 1.43. The molecule has 1 saturated heterocycles. The summed E-state index contributed by atoms with van der Waals surface area (Å²) in [4.78, 5) is 17.7. The van der Waals surface area contributed by atoms with E-state index in [1.807, 2.05) is 0 Å². The van der Waals surface area contributed by atoms with Crippen molar-refractivity contribution < 1.29 is 9.53 Å². The molecule has 1 fully saturated rings. The predicted octanol–water partition coefficient (Wildman–Crippen LogP) is 1.30. The van der Waals surface area contributed by atoms with Crippen molar-refractivity contribution in [3.63, 3.8) is 0 Å². The van der Waals surface area contributed by atoms with E-state index in [0.717, 1.165) is 19.4 Å². The van der Waals surface area contributed by atoms with E-state index < -0.39 is 0 Å². The van der Waals surface area contributed by atoms with Gasteiger partial charge in [-0.25, -0.2) is 4.98 Å². The molecule has 2 N–H and O–H groups in total. The fraction of sp³-hybridized carbons (Fsp3) is 0.538. The van der Waals surface area contributed by atoms with Crippen LogP contribution in [0.3, 0.4) is 0 Å². The number of nitrogens with two attached hydrogens (primary N) is 1. The molecular formula is C13H19N3O2. The molecule has 5 nitrogen and oxygen atoms in total. The molecule has 1 atom stereocenters. The highest BCUT2D eigenvalue weighted by atomic mass is 16.5. The predicted molar refractivity (Wildman–Crippen MR) is 69.2 cm³/mol. The molecule has 2 heterocycles. The van der Waals surface area contributed by atoms with Gasteiger partial charge in [-0.2, -0.15) is 0 Å². The highest BCUT2D eigenvalue weighted by molar-refractivity contribution is 5.94. The third-order valence-electron chi connectivity index (χ3n) is 3.13. The normalized spacial score (nSPS) is 19.5. The first-order chi connectivity index (χ1) is 8.66. The van der Waals surface area contributed by atoms with Crippen LogP contribution in [0.1, 0.15) is 29.6 Å². The van der Waals surface area contributed by atoms with Crippen molar-refractivity contribution in [1.29, 1.82) is 0 Å². The zero-order chi connectivity index (χ0) is 13.0. The monoisotopic (exact) mass is 249 g/mol. The molecular weight excluding hydrogens is 230 g/mol. The van der Waals surface area contributed by atoms with Gasteiger partial charge in [-0.15, -0.1) is 0 Å². The number of likely N-dealkylation sites (N-methyl/N-ethyl adjacent to an activating group) is 1. The maximum atomic E-state index is 12.2. The molecule has 1 aliphatic heterocycles. The average molecular weight is 249 g/mol. The lowest BCUT2D eigenvalue weighted by Crippen LogP contribution is -2.37. The van der Waals surface area contributed by atoms with E-state index in [-0.39, 0.29) is 12.0 Å². The van der Waals surface area contributed by atoms with E-state index in [4.69, 9.17) is 10.5 Å². The number of ether oxygens (including phenoxy) is 1. The summed E-state index contributed by atoms with van der Waals surface area (Å²) in [6, 6.07) is 3.28. The molecule has 5 heteroatoms. The van der Waals surface area contributed by atoms with Gasteiger partial charge in [0.1, 0.15) is 5.82 Å². The van der Waals surface area contributed by atoms with Gasteiger partial charge in [-0.1, -0.05) is 0 Å². The van der Waals surface area contributed by atoms with Gasteiger partial charge in [0.25, 0.3) is 5.91 Å². The summed E-state index contributed by atoms with van der Waals surface area (Å²) < 4.78 is 5.63. The first-order valence-corrected chi connectivity index (χ1v) is 6.25. The van der Waals surface area contributed by atoms with Crippen molar-refractivity contribution in [2.75, 3.05) is 25.9 Å². The minimum absolute atomic E-state index is 0.0433. The number of pyridine rings is 1. The Morgan fingerprint density at radius 3 is 3.11 bits per heavy atom. The van der Waals surface area contributed by atoms with Gasteiger partial charge >= 0.3 is 0 Å². The Kier molecular flexibility index (Phi) is 4.15. The second-order valence-electron chi connectivity index (χ2n) is 4.64. The van der Waals surface area contributed by atoms with Crippen LogP contribution in [0.25, 0.3) is 0 Å². The summed E-state index contributed by atoms with van der Waals surface area (Å²) >= 11 is 0. The molecule has 1 aliphatic rings. The van der Waals surface area contributed by atoms with E-state index in [9.17, 15) is 4.79 Å². The van der Waals surface area contributed by atoms with Gasteiger partial charge in [-0.3, -0.25) is 4.79 Å². The third-order valence-corrected chi connectivity index (χ3v) is 3.13. The van der Waals surface area contributed by atoms with Crippen LogP contribution < -0.4 is 5.73 Å². The van der Waals surface area contributed by atoms with E-state index in [0.29, 0.717) is 17.9 Å². The lowest BCUT2D eigenvalue weighted by atomic mass is 10.1. The van der Waals surface area contributed by atoms with Crippen LogP contribution >= 0.6 is 0 Å². The van der Waals surface area contributed by atoms with Crippen LogP contribution in [-0.2, 0) is 4.74 Å². The Hall–Kier alpha value is -1.62. The minimum Gasteiger partial charge on any atom is -0.384 e. The Morgan fingerprint density at radius 1 is 1.61 bits per heavy atom. The van der Waals surface area contributed by atoms with Crippen molar-refractivity contribution in [1.82, 2.24) is 9.88 Å². The lowest BCUT2D eigenvalue weighted by molar-refractivity contribution is -0.000187. The van der Waals surface area contributed by atoms with Gasteiger partial charge in [0.2, 0.25) is 0 Å². The van der Waals surface area contributed by atoms with E-state index >= 15 is 0 Å². The van der Waals surface area contributed by atoms with E-state index in [2.05, 4.69) is 4.98 Å². The lowest BCUT2D eigenvalue weighted by Gasteiger charge is -2.27. The number of nitrogen functional groups attached to an aromatic ring is 1. The average Bonchev–Trinajstić information content (AvgIpc) is 2.39. The van der Waals surface area contributed by atoms with Crippen LogP contribution in [0.4, 0.5) is 5.82 Å². The standard InChI is InChI=1S/C13H19N3O2/c1-16(9-11-4-2-3-7-18-11)13(17)10-5-6-15-12(14)8-10/h5-6,8,11H,2-4,7,9H2,1H3,(H2,14,15). The van der Waals surface area contributed by atoms with Gasteiger partial charge in [0, 0.05) is 32.0 Å². The van der Waals surface area contributed by atoms with Crippen molar-refractivity contribution in [3.05, 3.63) is 23.9 Å². The van der Waals surface area contributed by atoms with Crippen LogP contribution in [0.5, 0.6) is 0 Å². The number of hydrogen-bond acceptors (Lipinski definition) is 4. The largest absolute Gasteiger partial charge is 0.384 e. The van der Waals surface area contributed by atoms with E-state index in [1.165, 1.54) is 6.42 Å². The topological polar surface area (TPSA) is 68.5 Å². The molecule has 1 aromatic heterocycles. The SMILES string of the molecule is CN(CC1CCCCO1)C(=O)c1ccnc(N)c1. The van der Waals surface area contributed by atoms with Crippen molar-refractivity contribution >= 4 is 11.7 Å². The fourth-order valence-electron chi connectivity index (χ4n) is 2.14. The molecule has 2 rings (SSSR count).